The molecule has 4 fully saturated rings. The zero-order valence-electron chi connectivity index (χ0n) is 19.3. The molecule has 33 heavy (non-hydrogen) atoms. The summed E-state index contributed by atoms with van der Waals surface area (Å²) in [6, 6.07) is 8.05. The molecule has 1 aromatic carbocycles. The molecule has 0 unspecified atom stereocenters. The van der Waals surface area contributed by atoms with Crippen LogP contribution in [0.4, 0.5) is 14.5 Å². The van der Waals surface area contributed by atoms with Crippen molar-refractivity contribution >= 4 is 28.1 Å². The number of likely N-dealkylation sites (tertiary alicyclic amines) is 2. The number of rotatable bonds is 9. The van der Waals surface area contributed by atoms with Crippen LogP contribution in [0, 0.1) is 11.8 Å². The van der Waals surface area contributed by atoms with Gasteiger partial charge in [0, 0.05) is 50.1 Å². The van der Waals surface area contributed by atoms with Crippen molar-refractivity contribution in [3.8, 4) is 0 Å². The highest BCUT2D eigenvalue weighted by Crippen LogP contribution is 2.65. The first-order valence-corrected chi connectivity index (χ1v) is 13.7. The summed E-state index contributed by atoms with van der Waals surface area (Å²) in [5, 5.41) is -0.221. The topological polar surface area (TPSA) is 52.7 Å². The third kappa shape index (κ3) is 5.04. The van der Waals surface area contributed by atoms with E-state index in [1.54, 1.807) is 0 Å². The molecular weight excluding hydrogens is 468 g/mol. The van der Waals surface area contributed by atoms with Crippen LogP contribution in [-0.2, 0) is 15.4 Å². The number of halogens is 3. The van der Waals surface area contributed by atoms with Crippen molar-refractivity contribution in [2.75, 3.05) is 44.0 Å². The second-order valence-electron chi connectivity index (χ2n) is 10.3. The number of anilines is 1. The van der Waals surface area contributed by atoms with Crippen molar-refractivity contribution in [2.45, 2.75) is 62.0 Å². The molecule has 3 atom stereocenters. The Balaban J connectivity index is 0.00000259. The van der Waals surface area contributed by atoms with Gasteiger partial charge in [-0.15, -0.1) is 12.4 Å². The molecule has 1 aromatic rings. The van der Waals surface area contributed by atoms with Gasteiger partial charge in [-0.3, -0.25) is 4.72 Å². The molecule has 0 amide bonds. The second-order valence-corrected chi connectivity index (χ2v) is 12.3. The lowest BCUT2D eigenvalue weighted by molar-refractivity contribution is -0.0553. The summed E-state index contributed by atoms with van der Waals surface area (Å²) in [5.41, 5.74) is 2.12. The summed E-state index contributed by atoms with van der Waals surface area (Å²) in [6.07, 6.45) is 3.61. The van der Waals surface area contributed by atoms with Gasteiger partial charge < -0.3 is 9.80 Å². The molecular formula is C24H36ClF2N3O2S. The van der Waals surface area contributed by atoms with Crippen LogP contribution >= 0.6 is 12.4 Å². The number of piperidine rings is 2. The van der Waals surface area contributed by atoms with Crippen molar-refractivity contribution in [1.82, 2.24) is 9.80 Å². The van der Waals surface area contributed by atoms with E-state index in [-0.39, 0.29) is 35.9 Å². The predicted octanol–water partition coefficient (Wildman–Crippen LogP) is 4.34. The molecule has 2 saturated carbocycles. The summed E-state index contributed by atoms with van der Waals surface area (Å²) in [7, 11) is -3.25. The molecule has 9 heteroatoms. The Morgan fingerprint density at radius 2 is 1.70 bits per heavy atom. The maximum Gasteiger partial charge on any atom is 0.250 e. The van der Waals surface area contributed by atoms with Crippen LogP contribution in [0.5, 0.6) is 0 Å². The summed E-state index contributed by atoms with van der Waals surface area (Å²) < 4.78 is 54.1. The monoisotopic (exact) mass is 503 g/mol. The van der Waals surface area contributed by atoms with Gasteiger partial charge in [0.25, 0.3) is 5.92 Å². The van der Waals surface area contributed by atoms with Crippen molar-refractivity contribution in [1.29, 1.82) is 0 Å². The third-order valence-corrected chi connectivity index (χ3v) is 10.2. The number of benzene rings is 1. The first-order valence-electron chi connectivity index (χ1n) is 12.2. The molecule has 2 heterocycles. The van der Waals surface area contributed by atoms with Crippen LogP contribution in [0.3, 0.4) is 0 Å². The molecule has 5 rings (SSSR count). The molecule has 0 radical (unpaired) electrons. The standard InChI is InChI=1S/C24H35F2N3O2S.ClH/c1-2-24(18-5-3-6-19(15-18)27-32(30,31)20-7-8-20)21-16-29(17-22(21)24)12-4-11-28-13-9-23(25,26)10-14-28;/h3,5-6,15,20-22,27H,2,4,7-14,16-17H2,1H3;1H/t21-,22+,24+;. The third-order valence-electron chi connectivity index (χ3n) is 8.35. The number of fused-ring (bicyclic) bond motifs is 1. The average Bonchev–Trinajstić information content (AvgIpc) is 3.66. The van der Waals surface area contributed by atoms with E-state index in [1.807, 2.05) is 12.1 Å². The van der Waals surface area contributed by atoms with Gasteiger partial charge in [-0.1, -0.05) is 19.1 Å². The molecule has 2 saturated heterocycles. The SMILES string of the molecule is CC[C@]1(c2cccc(NS(=O)(=O)C3CC3)c2)[C@@H]2CN(CCCN3CCC(F)(F)CC3)C[C@@H]21.Cl. The van der Waals surface area contributed by atoms with E-state index in [0.29, 0.717) is 30.6 Å². The van der Waals surface area contributed by atoms with E-state index in [2.05, 4.69) is 33.6 Å². The van der Waals surface area contributed by atoms with E-state index < -0.39 is 15.9 Å². The maximum atomic E-state index is 13.3. The van der Waals surface area contributed by atoms with Crippen LogP contribution in [0.25, 0.3) is 0 Å². The number of nitrogens with one attached hydrogen (secondary N) is 1. The van der Waals surface area contributed by atoms with Crippen molar-refractivity contribution < 1.29 is 17.2 Å². The normalized spacial score (nSPS) is 31.6. The minimum absolute atomic E-state index is 0. The zero-order valence-corrected chi connectivity index (χ0v) is 20.9. The number of sulfonamides is 1. The van der Waals surface area contributed by atoms with Crippen LogP contribution in [0.15, 0.2) is 24.3 Å². The second kappa shape index (κ2) is 9.25. The van der Waals surface area contributed by atoms with E-state index in [9.17, 15) is 17.2 Å². The van der Waals surface area contributed by atoms with Gasteiger partial charge in [-0.05, 0) is 68.3 Å². The van der Waals surface area contributed by atoms with E-state index in [1.165, 1.54) is 5.56 Å². The van der Waals surface area contributed by atoms with Gasteiger partial charge in [0.05, 0.1) is 5.25 Å². The highest BCUT2D eigenvalue weighted by molar-refractivity contribution is 7.93. The van der Waals surface area contributed by atoms with Gasteiger partial charge in [-0.25, -0.2) is 17.2 Å². The fourth-order valence-corrected chi connectivity index (χ4v) is 7.65. The summed E-state index contributed by atoms with van der Waals surface area (Å²) in [4.78, 5) is 4.71. The molecule has 0 aromatic heterocycles. The molecule has 4 aliphatic rings. The molecule has 186 valence electrons. The zero-order chi connectivity index (χ0) is 22.6. The smallest absolute Gasteiger partial charge is 0.250 e. The lowest BCUT2D eigenvalue weighted by atomic mass is 9.87. The van der Waals surface area contributed by atoms with Gasteiger partial charge in [0.1, 0.15) is 0 Å². The average molecular weight is 504 g/mol. The number of hydrogen-bond donors (Lipinski definition) is 1. The van der Waals surface area contributed by atoms with Gasteiger partial charge in [-0.2, -0.15) is 0 Å². The van der Waals surface area contributed by atoms with Crippen molar-refractivity contribution in [2.24, 2.45) is 11.8 Å². The maximum absolute atomic E-state index is 13.3. The molecule has 2 aliphatic heterocycles. The summed E-state index contributed by atoms with van der Waals surface area (Å²) >= 11 is 0. The van der Waals surface area contributed by atoms with Gasteiger partial charge in [0.15, 0.2) is 0 Å². The Hall–Kier alpha value is -0.960. The van der Waals surface area contributed by atoms with Gasteiger partial charge >= 0.3 is 0 Å². The minimum Gasteiger partial charge on any atom is -0.303 e. The lowest BCUT2D eigenvalue weighted by Crippen LogP contribution is -2.40. The van der Waals surface area contributed by atoms with Crippen LogP contribution < -0.4 is 4.72 Å². The van der Waals surface area contributed by atoms with Crippen LogP contribution in [-0.4, -0.2) is 68.7 Å². The number of alkyl halides is 2. The number of nitrogens with zero attached hydrogens (tertiary/aromatic N) is 2. The Kier molecular flexibility index (Phi) is 7.04. The molecule has 2 aliphatic carbocycles. The quantitative estimate of drug-likeness (QED) is 0.544. The van der Waals surface area contributed by atoms with Gasteiger partial charge in [0.2, 0.25) is 10.0 Å². The lowest BCUT2D eigenvalue weighted by Gasteiger charge is -2.32. The van der Waals surface area contributed by atoms with Crippen molar-refractivity contribution in [3.63, 3.8) is 0 Å². The first kappa shape index (κ1) is 25.1. The van der Waals surface area contributed by atoms with E-state index in [4.69, 9.17) is 0 Å². The minimum atomic E-state index is -3.25. The van der Waals surface area contributed by atoms with E-state index in [0.717, 1.165) is 51.9 Å². The molecule has 5 nitrogen and oxygen atoms in total. The van der Waals surface area contributed by atoms with Crippen molar-refractivity contribution in [3.05, 3.63) is 29.8 Å². The number of hydrogen-bond acceptors (Lipinski definition) is 4. The summed E-state index contributed by atoms with van der Waals surface area (Å²) in [6.45, 7) is 7.36. The Morgan fingerprint density at radius 1 is 1.06 bits per heavy atom. The van der Waals surface area contributed by atoms with Crippen LogP contribution in [0.1, 0.15) is 51.0 Å². The fraction of sp³-hybridized carbons (Fsp3) is 0.750. The molecule has 0 bridgehead atoms. The Bertz CT molecular complexity index is 935. The highest BCUT2D eigenvalue weighted by atomic mass is 35.5. The Labute approximate surface area is 202 Å². The van der Waals surface area contributed by atoms with E-state index >= 15 is 0 Å². The largest absolute Gasteiger partial charge is 0.303 e. The molecule has 1 N–H and O–H groups in total. The fourth-order valence-electron chi connectivity index (χ4n) is 6.27. The molecule has 0 spiro atoms. The predicted molar refractivity (Wildman–Crippen MR) is 130 cm³/mol. The summed E-state index contributed by atoms with van der Waals surface area (Å²) in [5.74, 6) is -1.22. The van der Waals surface area contributed by atoms with Crippen LogP contribution in [0.2, 0.25) is 0 Å². The first-order chi connectivity index (χ1) is 15.2. The Morgan fingerprint density at radius 3 is 2.30 bits per heavy atom. The highest BCUT2D eigenvalue weighted by Gasteiger charge is 2.67.